The number of anilines is 3. The number of ketones is 1. The van der Waals surface area contributed by atoms with Crippen molar-refractivity contribution < 1.29 is 57.0 Å². The van der Waals surface area contributed by atoms with Gasteiger partial charge in [-0.1, -0.05) is 189 Å². The monoisotopic (exact) mass is 2060 g/mol. The number of nitrogens with two attached hydrogens (primary N) is 2. The molecule has 2 unspecified atom stereocenters. The summed E-state index contributed by atoms with van der Waals surface area (Å²) in [5.74, 6) is 6.68. The second kappa shape index (κ2) is 50.8. The van der Waals surface area contributed by atoms with Crippen molar-refractivity contribution in [3.05, 3.63) is 193 Å². The molecule has 0 radical (unpaired) electrons. The van der Waals surface area contributed by atoms with Gasteiger partial charge >= 0.3 is 5.97 Å². The summed E-state index contributed by atoms with van der Waals surface area (Å²) in [7, 11) is 12.4. The van der Waals surface area contributed by atoms with Gasteiger partial charge < -0.3 is 70.0 Å². The number of aromatic nitrogens is 8. The van der Waals surface area contributed by atoms with Gasteiger partial charge in [0.15, 0.2) is 5.78 Å². The van der Waals surface area contributed by atoms with E-state index in [2.05, 4.69) is 65.9 Å². The lowest BCUT2D eigenvalue weighted by Gasteiger charge is -2.32. The molecule has 137 heavy (non-hydrogen) atoms. The summed E-state index contributed by atoms with van der Waals surface area (Å²) in [4.78, 5) is 69.7. The summed E-state index contributed by atoms with van der Waals surface area (Å²) >= 11 is 62.9. The van der Waals surface area contributed by atoms with Crippen LogP contribution in [0.25, 0.3) is 88.1 Å². The fourth-order valence-electron chi connectivity index (χ4n) is 16.9. The lowest BCUT2D eigenvalue weighted by molar-refractivity contribution is -0.156. The van der Waals surface area contributed by atoms with Gasteiger partial charge in [0, 0.05) is 129 Å². The number of hydrogen-bond acceptors (Lipinski definition) is 25. The van der Waals surface area contributed by atoms with Crippen molar-refractivity contribution in [1.82, 2.24) is 39.9 Å². The molecule has 0 spiro atoms. The average molecular weight is 2070 g/mol. The second-order valence-corrected chi connectivity index (χ2v) is 38.1. The van der Waals surface area contributed by atoms with Crippen LogP contribution in [-0.2, 0) is 19.1 Å². The van der Waals surface area contributed by atoms with E-state index in [9.17, 15) is 14.4 Å². The normalized spacial score (nSPS) is 17.8. The number of esters is 1. The molecule has 35 heteroatoms. The molecule has 4 aliphatic rings. The number of nitrogens with zero attached hydrogens (tertiary/aromatic N) is 8. The predicted molar refractivity (Wildman–Crippen MR) is 557 cm³/mol. The topological polar surface area (TPSA) is 326 Å². The highest BCUT2D eigenvalue weighted by Gasteiger charge is 2.33. The van der Waals surface area contributed by atoms with E-state index >= 15 is 0 Å². The molecule has 16 rings (SSSR count). The van der Waals surface area contributed by atoms with Crippen LogP contribution < -0.4 is 65.3 Å². The highest BCUT2D eigenvalue weighted by atomic mass is 35.5. The van der Waals surface area contributed by atoms with Gasteiger partial charge in [0.1, 0.15) is 51.6 Å². The Balaban J connectivity index is 0.000000169. The second-order valence-electron chi connectivity index (χ2n) is 34.3. The highest BCUT2D eigenvalue weighted by Crippen LogP contribution is 2.52. The predicted octanol–water partition coefficient (Wildman–Crippen LogP) is 27.1. The number of nitrogens with one attached hydrogen (secondary N) is 3. The molecule has 8 atom stereocenters. The Morgan fingerprint density at radius 2 is 0.657 bits per heavy atom. The van der Waals surface area contributed by atoms with Gasteiger partial charge in [0.25, 0.3) is 0 Å². The van der Waals surface area contributed by atoms with Crippen molar-refractivity contribution in [2.45, 2.75) is 179 Å². The minimum atomic E-state index is -0.509. The van der Waals surface area contributed by atoms with Gasteiger partial charge in [-0.15, -0.1) is 0 Å². The quantitative estimate of drug-likeness (QED) is 0.0162. The number of rotatable bonds is 24. The number of fused-ring (bicyclic) bond motifs is 4. The van der Waals surface area contributed by atoms with Crippen LogP contribution in [0.15, 0.2) is 147 Å². The number of carbonyl (C=O) groups is 3. The summed E-state index contributed by atoms with van der Waals surface area (Å²) in [6, 6.07) is 30.7. The third-order valence-electron chi connectivity index (χ3n) is 24.2. The number of allylic oxidation sites excluding steroid dienone is 2. The molecule has 7 N–H and O–H groups in total. The summed E-state index contributed by atoms with van der Waals surface area (Å²) in [5.41, 5.74) is 20.4. The fraction of sp³-hybridized carbons (Fsp3) is 0.382. The number of halogens is 10. The molecule has 25 nitrogen and oxygen atoms in total. The van der Waals surface area contributed by atoms with Crippen molar-refractivity contribution in [1.29, 1.82) is 0 Å². The van der Waals surface area contributed by atoms with E-state index in [1.807, 2.05) is 93.6 Å². The molecule has 4 aliphatic carbocycles. The van der Waals surface area contributed by atoms with E-state index in [-0.39, 0.29) is 53.0 Å². The zero-order valence-electron chi connectivity index (χ0n) is 78.4. The number of ether oxygens (including phenoxy) is 9. The van der Waals surface area contributed by atoms with Crippen LogP contribution in [0.5, 0.6) is 46.0 Å². The highest BCUT2D eigenvalue weighted by molar-refractivity contribution is 6.66. The van der Waals surface area contributed by atoms with Gasteiger partial charge in [0.05, 0.1) is 126 Å². The van der Waals surface area contributed by atoms with E-state index in [0.29, 0.717) is 145 Å². The summed E-state index contributed by atoms with van der Waals surface area (Å²) in [6.07, 6.45) is 28.5. The lowest BCUT2D eigenvalue weighted by Crippen LogP contribution is -2.42. The molecule has 728 valence electrons. The number of carbonyl (C=O) groups excluding carboxylic acids is 3. The Morgan fingerprint density at radius 3 is 0.942 bits per heavy atom. The maximum atomic E-state index is 12.5. The standard InChI is InChI=1S/C28H33Cl2N3O4.C26H27Cl2N3O3.C22H24Cl2N4O2.C16H11Cl3N2O2.C7H15N.C3H3ClO/c1-28(2,3)37-23(34)13-16-8-6-7-9-19(16)32-27-31-15-18-12-17(10-11-20(18)33-27)24-25(29)21(35-4)14-22(36-5)26(24)30;1-4-18(32)12-15-7-5-6-8-19(15)30-26-29-14-17-11-16(9-10-20(17)31-26)23-24(27)21(33-2)13-22(34-3)25(23)28;1-29-17-10-18(30-2)21(24)19(20(17)23)12-7-8-15-13(9-12)11-26-22(27-15)28-16-6-4-3-5-14(16)25;1-22-11-6-12(23-2)15(18)13(14(11)17)8-3-4-10-9(5-8)7-20-16(19)21-10;1-6-4-2-3-5-7(6)8;1-2-3(4)5/h10-12,14-16,19H,6-9,13H2,1-5H3,(H,31,32,33);4,9-11,13-15,19H,1,5-8,12H2,2-3H3,(H,29,30,31);7-11,14,16H,3-6,25H2,1-2H3,(H,26,27,28);3-7H,1-2H3;6-7H,2-5,8H2,1H3;2H,1H2/t16-,19?;15-,19+;14-,16?;;6-,7-;/m110.0./s1. The molecule has 8 aromatic carbocycles. The van der Waals surface area contributed by atoms with Crippen molar-refractivity contribution >= 4 is 194 Å². The summed E-state index contributed by atoms with van der Waals surface area (Å²) in [5, 5.41) is 16.7. The van der Waals surface area contributed by atoms with Crippen LogP contribution in [0.1, 0.15) is 143 Å². The van der Waals surface area contributed by atoms with Gasteiger partial charge in [-0.2, -0.15) is 0 Å². The first-order valence-corrected chi connectivity index (χ1v) is 48.6. The molecule has 12 aromatic rings. The Labute approximate surface area is 849 Å². The van der Waals surface area contributed by atoms with Crippen LogP contribution in [0.3, 0.4) is 0 Å². The van der Waals surface area contributed by atoms with Crippen molar-refractivity contribution in [3.63, 3.8) is 0 Å². The van der Waals surface area contributed by atoms with Gasteiger partial charge in [0.2, 0.25) is 28.4 Å². The molecule has 4 heterocycles. The largest absolute Gasteiger partial charge is 0.495 e. The maximum absolute atomic E-state index is 12.5. The molecule has 0 amide bonds. The van der Waals surface area contributed by atoms with E-state index < -0.39 is 10.8 Å². The third-order valence-corrected chi connectivity index (χ3v) is 27.5. The SMILES string of the molecule is C=CC(=O)C[C@H]1CCCC[C@@H]1Nc1ncc2cc(-c3c(Cl)c(OC)cc(OC)c3Cl)ccc2n1.C=CC(=O)Cl.COc1cc(OC)c(Cl)c(-c2ccc3nc(Cl)ncc3c2)c1Cl.COc1cc(OC)c(Cl)c(-c2ccc3nc(NC4CCCC[C@@H]4CC(=O)OC(C)(C)C)ncc3c2)c1Cl.COc1cc(OC)c(Cl)c(-c2ccc3nc(NC4CCCC[C@@H]4N)ncc3c2)c1Cl.C[C@H]1CCCC[C@@H]1N. The number of methoxy groups -OCH3 is 8. The zero-order chi connectivity index (χ0) is 99.1. The van der Waals surface area contributed by atoms with E-state index in [1.54, 1.807) is 91.7 Å². The van der Waals surface area contributed by atoms with Crippen LogP contribution in [0.4, 0.5) is 17.8 Å². The summed E-state index contributed by atoms with van der Waals surface area (Å²) < 4.78 is 48.5. The van der Waals surface area contributed by atoms with E-state index in [4.69, 9.17) is 180 Å². The van der Waals surface area contributed by atoms with E-state index in [1.165, 1.54) is 58.8 Å². The average Bonchev–Trinajstić information content (AvgIpc) is 0.785. The van der Waals surface area contributed by atoms with Crippen LogP contribution in [0, 0.1) is 17.8 Å². The lowest BCUT2D eigenvalue weighted by atomic mass is 9.81. The minimum Gasteiger partial charge on any atom is -0.495 e. The zero-order valence-corrected chi connectivity index (χ0v) is 85.9. The van der Waals surface area contributed by atoms with Gasteiger partial charge in [-0.25, -0.2) is 39.9 Å². The minimum absolute atomic E-state index is 0.0807. The third kappa shape index (κ3) is 28.0. The molecule has 4 fully saturated rings. The number of benzene rings is 8. The first kappa shape index (κ1) is 107. The molecule has 0 saturated heterocycles. The Morgan fingerprint density at radius 1 is 0.380 bits per heavy atom. The molecule has 4 aromatic heterocycles. The molecular weight excluding hydrogens is 1950 g/mol. The Kier molecular flexibility index (Phi) is 39.8. The van der Waals surface area contributed by atoms with Crippen molar-refractivity contribution in [2.75, 3.05) is 72.8 Å². The van der Waals surface area contributed by atoms with E-state index in [0.717, 1.165) is 142 Å². The van der Waals surface area contributed by atoms with Crippen LogP contribution >= 0.6 is 116 Å². The van der Waals surface area contributed by atoms with Crippen molar-refractivity contribution in [3.8, 4) is 90.5 Å². The number of hydrogen-bond donors (Lipinski definition) is 5. The maximum Gasteiger partial charge on any atom is 0.306 e. The molecular formula is C102H113Cl10N13O12. The van der Waals surface area contributed by atoms with Crippen LogP contribution in [0.2, 0.25) is 45.5 Å². The Hall–Kier alpha value is -9.97. The van der Waals surface area contributed by atoms with Crippen molar-refractivity contribution in [2.24, 2.45) is 29.2 Å². The van der Waals surface area contributed by atoms with Gasteiger partial charge in [-0.05, 0) is 196 Å². The molecule has 0 aliphatic heterocycles. The van der Waals surface area contributed by atoms with Crippen LogP contribution in [-0.4, -0.2) is 150 Å². The fourth-order valence-corrected chi connectivity index (χ4v) is 19.9. The smallest absolute Gasteiger partial charge is 0.306 e. The first-order valence-electron chi connectivity index (χ1n) is 44.8. The Bertz CT molecular complexity index is 6180. The van der Waals surface area contributed by atoms with Gasteiger partial charge in [-0.3, -0.25) is 14.4 Å². The first-order chi connectivity index (χ1) is 65.7. The molecule has 0 bridgehead atoms. The summed E-state index contributed by atoms with van der Waals surface area (Å²) in [6.45, 7) is 14.6. The molecule has 4 saturated carbocycles.